The number of hydrogen-bond donors (Lipinski definition) is 2. The van der Waals surface area contributed by atoms with Crippen LogP contribution in [0.2, 0.25) is 15.1 Å². The second-order valence-electron chi connectivity index (χ2n) is 8.32. The van der Waals surface area contributed by atoms with Crippen LogP contribution >= 0.6 is 34.8 Å². The van der Waals surface area contributed by atoms with Crippen LogP contribution in [-0.4, -0.2) is 56.9 Å². The predicted octanol–water partition coefficient (Wildman–Crippen LogP) is 5.74. The summed E-state index contributed by atoms with van der Waals surface area (Å²) in [6.45, 7) is 1.41. The number of hydrogen-bond acceptors (Lipinski definition) is 4. The number of carbonyl (C=O) groups excluding carboxylic acids is 1. The van der Waals surface area contributed by atoms with Crippen LogP contribution in [0.25, 0.3) is 16.9 Å². The Morgan fingerprint density at radius 3 is 2.31 bits per heavy atom. The lowest BCUT2D eigenvalue weighted by molar-refractivity contribution is 0.0742. The van der Waals surface area contributed by atoms with Crippen molar-refractivity contribution in [3.8, 4) is 16.9 Å². The quantitative estimate of drug-likeness (QED) is 0.419. The zero-order valence-corrected chi connectivity index (χ0v) is 21.2. The highest BCUT2D eigenvalue weighted by molar-refractivity contribution is 6.35. The van der Waals surface area contributed by atoms with Gasteiger partial charge in [-0.2, -0.15) is 5.10 Å². The van der Waals surface area contributed by atoms with Crippen LogP contribution in [0.5, 0.6) is 0 Å². The molecule has 2 N–H and O–H groups in total. The normalized spacial score (nSPS) is 14.1. The first-order valence-electron chi connectivity index (χ1n) is 11.1. The van der Waals surface area contributed by atoms with Gasteiger partial charge >= 0.3 is 6.09 Å². The maximum atomic E-state index is 13.4. The number of carboxylic acid groups (broad SMARTS) is 1. The third-order valence-corrected chi connectivity index (χ3v) is 6.58. The fraction of sp³-hybridized carbons (Fsp3) is 0.292. The van der Waals surface area contributed by atoms with E-state index in [0.717, 1.165) is 37.3 Å². The van der Waals surface area contributed by atoms with Crippen molar-refractivity contribution < 1.29 is 14.7 Å². The van der Waals surface area contributed by atoms with Crippen molar-refractivity contribution in [2.24, 2.45) is 0 Å². The molecular weight excluding hydrogens is 513 g/mol. The van der Waals surface area contributed by atoms with Gasteiger partial charge in [0, 0.05) is 41.3 Å². The molecular formula is C24H24Cl3N5O3. The lowest BCUT2D eigenvalue weighted by Gasteiger charge is -2.26. The van der Waals surface area contributed by atoms with Gasteiger partial charge in [0.25, 0.3) is 5.91 Å². The van der Waals surface area contributed by atoms with E-state index in [1.807, 2.05) is 5.01 Å². The molecule has 35 heavy (non-hydrogen) atoms. The summed E-state index contributed by atoms with van der Waals surface area (Å²) in [5.74, 6) is -0.417. The number of rotatable bonds is 6. The Hall–Kier alpha value is -2.78. The van der Waals surface area contributed by atoms with Crippen LogP contribution in [-0.2, 0) is 6.54 Å². The summed E-state index contributed by atoms with van der Waals surface area (Å²) in [6.07, 6.45) is 1.96. The topological polar surface area (TPSA) is 90.7 Å². The molecule has 0 aliphatic carbocycles. The van der Waals surface area contributed by atoms with E-state index in [1.54, 1.807) is 47.1 Å². The number of benzene rings is 2. The highest BCUT2D eigenvalue weighted by atomic mass is 35.5. The Morgan fingerprint density at radius 1 is 1.03 bits per heavy atom. The van der Waals surface area contributed by atoms with E-state index in [2.05, 4.69) is 10.5 Å². The summed E-state index contributed by atoms with van der Waals surface area (Å²) in [4.78, 5) is 26.2. The zero-order chi connectivity index (χ0) is 25.1. The third-order valence-electron chi connectivity index (χ3n) is 5.79. The molecule has 1 fully saturated rings. The fourth-order valence-corrected chi connectivity index (χ4v) is 4.64. The molecule has 0 unspecified atom stereocenters. The number of nitrogens with zero attached hydrogens (tertiary/aromatic N) is 4. The third kappa shape index (κ3) is 5.73. The number of piperidine rings is 1. The molecule has 184 valence electrons. The van der Waals surface area contributed by atoms with E-state index in [9.17, 15) is 14.7 Å². The number of amides is 2. The van der Waals surface area contributed by atoms with Gasteiger partial charge in [0.05, 0.1) is 22.9 Å². The molecule has 3 aromatic rings. The number of halogens is 3. The van der Waals surface area contributed by atoms with Crippen LogP contribution in [0.4, 0.5) is 4.79 Å². The Labute approximate surface area is 217 Å². The molecule has 2 amide bonds. The average molecular weight is 537 g/mol. The van der Waals surface area contributed by atoms with Crippen LogP contribution in [0, 0.1) is 0 Å². The van der Waals surface area contributed by atoms with Crippen molar-refractivity contribution in [3.63, 3.8) is 0 Å². The molecule has 0 spiro atoms. The van der Waals surface area contributed by atoms with Crippen molar-refractivity contribution in [1.29, 1.82) is 0 Å². The Balaban J connectivity index is 1.90. The first kappa shape index (κ1) is 25.3. The monoisotopic (exact) mass is 535 g/mol. The molecule has 0 saturated carbocycles. The number of hydrazine groups is 1. The predicted molar refractivity (Wildman–Crippen MR) is 136 cm³/mol. The minimum Gasteiger partial charge on any atom is -0.465 e. The molecule has 0 atom stereocenters. The standard InChI is InChI=1S/C24H24Cl3N5O3/c1-30(24(34)35)14-18-21(23(33)29-31-11-3-2-4-12-31)28-32(20-10-9-17(26)13-19(20)27)22(18)15-5-7-16(25)8-6-15/h5-10,13H,2-4,11-12,14H2,1H3,(H,29,33)(H,34,35). The summed E-state index contributed by atoms with van der Waals surface area (Å²) >= 11 is 18.7. The summed E-state index contributed by atoms with van der Waals surface area (Å²) in [5.41, 5.74) is 5.21. The van der Waals surface area contributed by atoms with E-state index < -0.39 is 12.0 Å². The molecule has 8 nitrogen and oxygen atoms in total. The summed E-state index contributed by atoms with van der Waals surface area (Å²) in [7, 11) is 1.44. The van der Waals surface area contributed by atoms with Crippen molar-refractivity contribution in [1.82, 2.24) is 25.1 Å². The average Bonchev–Trinajstić information content (AvgIpc) is 3.19. The molecule has 1 aromatic heterocycles. The van der Waals surface area contributed by atoms with Gasteiger partial charge in [0.1, 0.15) is 0 Å². The van der Waals surface area contributed by atoms with E-state index in [4.69, 9.17) is 34.8 Å². The smallest absolute Gasteiger partial charge is 0.407 e. The van der Waals surface area contributed by atoms with Gasteiger partial charge in [0.15, 0.2) is 5.69 Å². The Morgan fingerprint density at radius 2 is 1.69 bits per heavy atom. The molecule has 0 bridgehead atoms. The van der Waals surface area contributed by atoms with E-state index in [0.29, 0.717) is 37.6 Å². The van der Waals surface area contributed by atoms with E-state index in [-0.39, 0.29) is 12.2 Å². The van der Waals surface area contributed by atoms with Gasteiger partial charge in [-0.1, -0.05) is 53.4 Å². The molecule has 4 rings (SSSR count). The highest BCUT2D eigenvalue weighted by Gasteiger charge is 2.28. The van der Waals surface area contributed by atoms with Gasteiger partial charge in [-0.25, -0.2) is 14.5 Å². The zero-order valence-electron chi connectivity index (χ0n) is 19.0. The molecule has 0 radical (unpaired) electrons. The van der Waals surface area contributed by atoms with Crippen molar-refractivity contribution in [2.75, 3.05) is 20.1 Å². The summed E-state index contributed by atoms with van der Waals surface area (Å²) in [6, 6.07) is 12.0. The minimum atomic E-state index is -1.13. The van der Waals surface area contributed by atoms with Crippen molar-refractivity contribution >= 4 is 46.8 Å². The van der Waals surface area contributed by atoms with Crippen LogP contribution in [0.15, 0.2) is 42.5 Å². The Bertz CT molecular complexity index is 1240. The largest absolute Gasteiger partial charge is 0.465 e. The number of aromatic nitrogens is 2. The second-order valence-corrected chi connectivity index (χ2v) is 9.60. The van der Waals surface area contributed by atoms with E-state index >= 15 is 0 Å². The molecule has 1 aliphatic heterocycles. The Kier molecular flexibility index (Phi) is 7.86. The van der Waals surface area contributed by atoms with Gasteiger partial charge < -0.3 is 10.0 Å². The van der Waals surface area contributed by atoms with E-state index in [1.165, 1.54) is 7.05 Å². The van der Waals surface area contributed by atoms with Crippen molar-refractivity contribution in [2.45, 2.75) is 25.8 Å². The maximum Gasteiger partial charge on any atom is 0.407 e. The molecule has 2 aromatic carbocycles. The van der Waals surface area contributed by atoms with Crippen LogP contribution in [0.3, 0.4) is 0 Å². The SMILES string of the molecule is CN(Cc1c(C(=O)NN2CCCCC2)nn(-c2ccc(Cl)cc2Cl)c1-c1ccc(Cl)cc1)C(=O)O. The number of nitrogens with one attached hydrogen (secondary N) is 1. The maximum absolute atomic E-state index is 13.4. The summed E-state index contributed by atoms with van der Waals surface area (Å²) < 4.78 is 1.55. The highest BCUT2D eigenvalue weighted by Crippen LogP contribution is 2.34. The van der Waals surface area contributed by atoms with Gasteiger partial charge in [-0.05, 0) is 43.2 Å². The molecule has 11 heteroatoms. The lowest BCUT2D eigenvalue weighted by Crippen LogP contribution is -2.45. The fourth-order valence-electron chi connectivity index (χ4n) is 4.02. The lowest BCUT2D eigenvalue weighted by atomic mass is 10.0. The molecule has 1 aliphatic rings. The van der Waals surface area contributed by atoms with Crippen LogP contribution in [0.1, 0.15) is 35.3 Å². The molecule has 2 heterocycles. The van der Waals surface area contributed by atoms with Gasteiger partial charge in [-0.15, -0.1) is 0 Å². The number of carbonyl (C=O) groups is 2. The first-order chi connectivity index (χ1) is 16.7. The first-order valence-corrected chi connectivity index (χ1v) is 12.2. The van der Waals surface area contributed by atoms with Gasteiger partial charge in [-0.3, -0.25) is 10.2 Å². The molecule has 1 saturated heterocycles. The van der Waals surface area contributed by atoms with Gasteiger partial charge in [0.2, 0.25) is 0 Å². The second kappa shape index (κ2) is 10.9. The van der Waals surface area contributed by atoms with Crippen molar-refractivity contribution in [3.05, 3.63) is 68.8 Å². The minimum absolute atomic E-state index is 0.0682. The summed E-state index contributed by atoms with van der Waals surface area (Å²) in [5, 5.41) is 17.4. The van der Waals surface area contributed by atoms with Crippen LogP contribution < -0.4 is 5.43 Å².